The van der Waals surface area contributed by atoms with Crippen LogP contribution in [0.25, 0.3) is 0 Å². The van der Waals surface area contributed by atoms with Crippen molar-refractivity contribution in [1.29, 1.82) is 0 Å². The number of aliphatic hydroxyl groups is 3. The molecule has 1 atom stereocenters. The van der Waals surface area contributed by atoms with Gasteiger partial charge in [-0.25, -0.2) is 0 Å². The monoisotopic (exact) mass is 382 g/mol. The second kappa shape index (κ2) is 17.0. The molecule has 0 saturated carbocycles. The van der Waals surface area contributed by atoms with E-state index in [-0.39, 0.29) is 0 Å². The molecule has 0 aliphatic carbocycles. The average Bonchev–Trinajstić information content (AvgIpc) is 2.53. The first-order chi connectivity index (χ1) is 11.5. The van der Waals surface area contributed by atoms with Gasteiger partial charge in [0.25, 0.3) is 0 Å². The number of rotatable bonds is 18. The third kappa shape index (κ3) is 17.4. The van der Waals surface area contributed by atoms with E-state index >= 15 is 0 Å². The van der Waals surface area contributed by atoms with Gasteiger partial charge in [-0.3, -0.25) is 0 Å². The molecule has 24 heavy (non-hydrogen) atoms. The molecule has 5 heteroatoms. The van der Waals surface area contributed by atoms with Crippen molar-refractivity contribution in [3.63, 3.8) is 0 Å². The molecular weight excluding hydrogens is 343 g/mol. The van der Waals surface area contributed by atoms with Crippen molar-refractivity contribution in [3.8, 4) is 0 Å². The van der Waals surface area contributed by atoms with Crippen LogP contribution in [-0.2, 0) is 0 Å². The van der Waals surface area contributed by atoms with E-state index in [1.165, 1.54) is 89.9 Å². The van der Waals surface area contributed by atoms with Gasteiger partial charge >= 0.3 is 5.71 Å². The molecule has 3 nitrogen and oxygen atoms in total. The Balaban J connectivity index is 3.10. The van der Waals surface area contributed by atoms with Crippen molar-refractivity contribution in [3.05, 3.63) is 0 Å². The average molecular weight is 383 g/mol. The summed E-state index contributed by atoms with van der Waals surface area (Å²) in [6.07, 6.45) is 21.5. The fraction of sp³-hybridized carbons (Fsp3) is 1.00. The lowest BCUT2D eigenvalue weighted by Crippen LogP contribution is -2.23. The smallest absolute Gasteiger partial charge is 0.308 e. The molecule has 0 amide bonds. The normalized spacial score (nSPS) is 13.4. The van der Waals surface area contributed by atoms with E-state index in [2.05, 4.69) is 6.92 Å². The molecule has 0 radical (unpaired) electrons. The maximum Gasteiger partial charge on any atom is 0.308 e. The predicted molar refractivity (Wildman–Crippen MR) is 107 cm³/mol. The molecule has 0 aliphatic rings. The molecule has 146 valence electrons. The predicted octanol–water partition coefficient (Wildman–Crippen LogP) is 6.47. The van der Waals surface area contributed by atoms with Crippen LogP contribution < -0.4 is 0 Å². The summed E-state index contributed by atoms with van der Waals surface area (Å²) >= 11 is 5.74. The van der Waals surface area contributed by atoms with Crippen molar-refractivity contribution in [1.82, 2.24) is 0 Å². The van der Waals surface area contributed by atoms with E-state index in [1.54, 1.807) is 0 Å². The Morgan fingerprint density at radius 2 is 0.875 bits per heavy atom. The van der Waals surface area contributed by atoms with Gasteiger partial charge < -0.3 is 15.3 Å². The molecule has 0 heterocycles. The zero-order chi connectivity index (χ0) is 18.1. The standard InChI is InChI=1S/C19H40ClO3P/c1-2-3-4-5-6-7-8-9-10-11-12-13-14-15-16-17-18-24(20)19(21,22)23/h21-23H,2-18H2,1H3. The maximum absolute atomic E-state index is 8.92. The highest BCUT2D eigenvalue weighted by molar-refractivity contribution is 7.84. The molecule has 0 spiro atoms. The van der Waals surface area contributed by atoms with Crippen molar-refractivity contribution in [2.75, 3.05) is 6.16 Å². The zero-order valence-corrected chi connectivity index (χ0v) is 17.3. The molecule has 0 aromatic heterocycles. The van der Waals surface area contributed by atoms with Crippen LogP contribution in [0.1, 0.15) is 110 Å². The molecule has 0 aromatic rings. The number of hydrogen-bond acceptors (Lipinski definition) is 3. The topological polar surface area (TPSA) is 60.7 Å². The zero-order valence-electron chi connectivity index (χ0n) is 15.7. The molecular formula is C19H40ClO3P. The van der Waals surface area contributed by atoms with Gasteiger partial charge in [-0.1, -0.05) is 114 Å². The van der Waals surface area contributed by atoms with Gasteiger partial charge in [0.05, 0.1) is 7.27 Å². The number of hydrogen-bond donors (Lipinski definition) is 3. The van der Waals surface area contributed by atoms with E-state index in [4.69, 9.17) is 26.6 Å². The first kappa shape index (κ1) is 24.6. The Hall–Kier alpha value is 0.600. The van der Waals surface area contributed by atoms with Gasteiger partial charge in [-0.15, -0.1) is 0 Å². The SMILES string of the molecule is CCCCCCCCCCCCCCCCCCP(Cl)C(O)(O)O. The largest absolute Gasteiger partial charge is 0.339 e. The van der Waals surface area contributed by atoms with Crippen LogP contribution in [-0.4, -0.2) is 27.2 Å². The maximum atomic E-state index is 8.92. The van der Waals surface area contributed by atoms with Crippen molar-refractivity contribution >= 4 is 18.5 Å². The van der Waals surface area contributed by atoms with E-state index < -0.39 is 13.0 Å². The minimum absolute atomic E-state index is 0.499. The lowest BCUT2D eigenvalue weighted by Gasteiger charge is -2.19. The fourth-order valence-corrected chi connectivity index (χ4v) is 4.11. The molecule has 3 N–H and O–H groups in total. The first-order valence-electron chi connectivity index (χ1n) is 10.1. The van der Waals surface area contributed by atoms with Crippen LogP contribution in [0.5, 0.6) is 0 Å². The summed E-state index contributed by atoms with van der Waals surface area (Å²) in [7, 11) is -1.63. The summed E-state index contributed by atoms with van der Waals surface area (Å²) in [6.45, 7) is 2.27. The van der Waals surface area contributed by atoms with Crippen molar-refractivity contribution in [2.24, 2.45) is 0 Å². The minimum atomic E-state index is -2.67. The van der Waals surface area contributed by atoms with Crippen LogP contribution in [0.15, 0.2) is 0 Å². The third-order valence-corrected chi connectivity index (χ3v) is 7.08. The highest BCUT2D eigenvalue weighted by atomic mass is 35.7. The highest BCUT2D eigenvalue weighted by Gasteiger charge is 2.29. The van der Waals surface area contributed by atoms with Gasteiger partial charge in [0, 0.05) is 0 Å². The van der Waals surface area contributed by atoms with E-state index in [1.807, 2.05) is 0 Å². The molecule has 0 aliphatic heterocycles. The van der Waals surface area contributed by atoms with Crippen LogP contribution in [0, 0.1) is 0 Å². The summed E-state index contributed by atoms with van der Waals surface area (Å²) in [6, 6.07) is 0. The Morgan fingerprint density at radius 3 is 1.17 bits per heavy atom. The lowest BCUT2D eigenvalue weighted by molar-refractivity contribution is -0.239. The summed E-state index contributed by atoms with van der Waals surface area (Å²) < 4.78 is 0. The van der Waals surface area contributed by atoms with Crippen LogP contribution in [0.2, 0.25) is 0 Å². The lowest BCUT2D eigenvalue weighted by atomic mass is 10.0. The second-order valence-electron chi connectivity index (χ2n) is 6.99. The molecule has 0 saturated heterocycles. The quantitative estimate of drug-likeness (QED) is 0.144. The molecule has 0 bridgehead atoms. The highest BCUT2D eigenvalue weighted by Crippen LogP contribution is 2.50. The Labute approximate surface area is 155 Å². The van der Waals surface area contributed by atoms with Crippen LogP contribution >= 0.6 is 18.5 Å². The minimum Gasteiger partial charge on any atom is -0.339 e. The summed E-state index contributed by atoms with van der Waals surface area (Å²) in [4.78, 5) is 0. The third-order valence-electron chi connectivity index (χ3n) is 4.53. The molecule has 1 unspecified atom stereocenters. The number of halogens is 1. The number of unbranched alkanes of at least 4 members (excludes halogenated alkanes) is 15. The fourth-order valence-electron chi connectivity index (χ4n) is 2.95. The molecule has 0 fully saturated rings. The Bertz CT molecular complexity index is 259. The van der Waals surface area contributed by atoms with Gasteiger partial charge in [0.15, 0.2) is 0 Å². The van der Waals surface area contributed by atoms with Gasteiger partial charge in [0.1, 0.15) is 0 Å². The molecule has 0 aromatic carbocycles. The summed E-state index contributed by atoms with van der Waals surface area (Å²) in [5.74, 6) is 0. The van der Waals surface area contributed by atoms with Crippen LogP contribution in [0.3, 0.4) is 0 Å². The Morgan fingerprint density at radius 1 is 0.583 bits per heavy atom. The first-order valence-corrected chi connectivity index (χ1v) is 12.5. The second-order valence-corrected chi connectivity index (χ2v) is 9.98. The van der Waals surface area contributed by atoms with E-state index in [0.717, 1.165) is 12.8 Å². The molecule has 0 rings (SSSR count). The summed E-state index contributed by atoms with van der Waals surface area (Å²) in [5, 5.41) is 26.8. The van der Waals surface area contributed by atoms with Crippen molar-refractivity contribution < 1.29 is 15.3 Å². The van der Waals surface area contributed by atoms with Gasteiger partial charge in [-0.2, -0.15) is 0 Å². The van der Waals surface area contributed by atoms with Gasteiger partial charge in [0.2, 0.25) is 0 Å². The van der Waals surface area contributed by atoms with E-state index in [0.29, 0.717) is 6.16 Å². The Kier molecular flexibility index (Phi) is 17.5. The van der Waals surface area contributed by atoms with Gasteiger partial charge in [-0.05, 0) is 12.6 Å². The summed E-state index contributed by atoms with van der Waals surface area (Å²) in [5.41, 5.74) is -2.67. The van der Waals surface area contributed by atoms with E-state index in [9.17, 15) is 0 Å². The van der Waals surface area contributed by atoms with Crippen LogP contribution in [0.4, 0.5) is 0 Å². The van der Waals surface area contributed by atoms with Crippen molar-refractivity contribution in [2.45, 2.75) is 115 Å².